The molecular weight excluding hydrogens is 286 g/mol. The molecule has 1 aliphatic rings. The second-order valence-electron chi connectivity index (χ2n) is 5.58. The monoisotopic (exact) mass is 303 g/mol. The maximum absolute atomic E-state index is 5.47. The van der Waals surface area contributed by atoms with Crippen LogP contribution in [0.3, 0.4) is 0 Å². The highest BCUT2D eigenvalue weighted by Crippen LogP contribution is 2.40. The third kappa shape index (κ3) is 1.95. The molecule has 7 heteroatoms. The standard InChI is InChI=1S/C14H17N5OS/c1-8-7-11(20-17-8)10-5-4-6-19(10)14-15-13-12(21-14)9(2)16-18(13)3/h7,10H,4-6H2,1-3H3/t10-/m1/s1. The first kappa shape index (κ1) is 12.8. The first-order valence-electron chi connectivity index (χ1n) is 7.13. The number of aryl methyl sites for hydroxylation is 3. The van der Waals surface area contributed by atoms with Crippen LogP contribution in [-0.4, -0.2) is 26.5 Å². The molecule has 0 unspecified atom stereocenters. The van der Waals surface area contributed by atoms with E-state index in [4.69, 9.17) is 9.51 Å². The van der Waals surface area contributed by atoms with Crippen molar-refractivity contribution < 1.29 is 4.52 Å². The lowest BCUT2D eigenvalue weighted by atomic mass is 10.1. The van der Waals surface area contributed by atoms with E-state index in [-0.39, 0.29) is 6.04 Å². The molecule has 1 aliphatic heterocycles. The summed E-state index contributed by atoms with van der Waals surface area (Å²) in [4.78, 5) is 7.12. The van der Waals surface area contributed by atoms with Crippen LogP contribution in [0.2, 0.25) is 0 Å². The highest BCUT2D eigenvalue weighted by molar-refractivity contribution is 7.22. The van der Waals surface area contributed by atoms with Gasteiger partial charge in [0.2, 0.25) is 0 Å². The van der Waals surface area contributed by atoms with Crippen molar-refractivity contribution in [1.82, 2.24) is 19.9 Å². The van der Waals surface area contributed by atoms with Crippen LogP contribution in [-0.2, 0) is 7.05 Å². The van der Waals surface area contributed by atoms with Gasteiger partial charge in [-0.05, 0) is 26.7 Å². The number of aromatic nitrogens is 4. The molecule has 0 spiro atoms. The van der Waals surface area contributed by atoms with Gasteiger partial charge in [0.05, 0.1) is 22.1 Å². The van der Waals surface area contributed by atoms with E-state index in [1.165, 1.54) is 4.70 Å². The third-order valence-corrected chi connectivity index (χ3v) is 5.20. The number of thiazole rings is 1. The van der Waals surface area contributed by atoms with Gasteiger partial charge in [-0.15, -0.1) is 0 Å². The quantitative estimate of drug-likeness (QED) is 0.728. The van der Waals surface area contributed by atoms with Crippen molar-refractivity contribution in [3.05, 3.63) is 23.2 Å². The Morgan fingerprint density at radius 2 is 2.24 bits per heavy atom. The Balaban J connectivity index is 1.74. The van der Waals surface area contributed by atoms with Gasteiger partial charge in [-0.25, -0.2) is 9.67 Å². The maximum Gasteiger partial charge on any atom is 0.188 e. The fourth-order valence-corrected chi connectivity index (χ4v) is 4.14. The van der Waals surface area contributed by atoms with E-state index in [1.54, 1.807) is 11.3 Å². The van der Waals surface area contributed by atoms with E-state index in [0.717, 1.165) is 47.3 Å². The maximum atomic E-state index is 5.47. The van der Waals surface area contributed by atoms with Gasteiger partial charge in [-0.2, -0.15) is 5.10 Å². The van der Waals surface area contributed by atoms with Crippen LogP contribution in [0, 0.1) is 13.8 Å². The van der Waals surface area contributed by atoms with Gasteiger partial charge in [-0.1, -0.05) is 16.5 Å². The van der Waals surface area contributed by atoms with Crippen molar-refractivity contribution in [3.8, 4) is 0 Å². The Kier molecular flexibility index (Phi) is 2.78. The van der Waals surface area contributed by atoms with E-state index >= 15 is 0 Å². The van der Waals surface area contributed by atoms with Gasteiger partial charge in [0.1, 0.15) is 0 Å². The lowest BCUT2D eigenvalue weighted by molar-refractivity contribution is 0.358. The van der Waals surface area contributed by atoms with Crippen LogP contribution in [0.4, 0.5) is 5.13 Å². The highest BCUT2D eigenvalue weighted by Gasteiger charge is 2.31. The largest absolute Gasteiger partial charge is 0.359 e. The number of anilines is 1. The van der Waals surface area contributed by atoms with Gasteiger partial charge < -0.3 is 9.42 Å². The molecule has 4 heterocycles. The van der Waals surface area contributed by atoms with Crippen LogP contribution >= 0.6 is 11.3 Å². The average Bonchev–Trinajstić information content (AvgIpc) is 3.17. The van der Waals surface area contributed by atoms with Crippen molar-refractivity contribution in [2.45, 2.75) is 32.7 Å². The first-order valence-corrected chi connectivity index (χ1v) is 7.95. The summed E-state index contributed by atoms with van der Waals surface area (Å²) < 4.78 is 8.50. The molecule has 110 valence electrons. The number of fused-ring (bicyclic) bond motifs is 1. The van der Waals surface area contributed by atoms with Crippen molar-refractivity contribution in [1.29, 1.82) is 0 Å². The van der Waals surface area contributed by atoms with Crippen LogP contribution in [0.5, 0.6) is 0 Å². The molecule has 1 atom stereocenters. The molecule has 4 rings (SSSR count). The van der Waals surface area contributed by atoms with Crippen LogP contribution in [0.15, 0.2) is 10.6 Å². The van der Waals surface area contributed by atoms with Gasteiger partial charge in [0, 0.05) is 19.7 Å². The normalized spacial score (nSPS) is 19.0. The van der Waals surface area contributed by atoms with E-state index in [2.05, 4.69) is 15.2 Å². The molecular formula is C14H17N5OS. The zero-order valence-electron chi connectivity index (χ0n) is 12.3. The average molecular weight is 303 g/mol. The molecule has 0 saturated carbocycles. The molecule has 1 saturated heterocycles. The fourth-order valence-electron chi connectivity index (χ4n) is 3.03. The second kappa shape index (κ2) is 4.56. The Morgan fingerprint density at radius 3 is 2.95 bits per heavy atom. The lowest BCUT2D eigenvalue weighted by Gasteiger charge is -2.21. The molecule has 6 nitrogen and oxygen atoms in total. The minimum atomic E-state index is 0.250. The van der Waals surface area contributed by atoms with Gasteiger partial charge in [-0.3, -0.25) is 0 Å². The molecule has 0 radical (unpaired) electrons. The molecule has 3 aromatic rings. The number of hydrogen-bond donors (Lipinski definition) is 0. The molecule has 0 bridgehead atoms. The fraction of sp³-hybridized carbons (Fsp3) is 0.500. The zero-order valence-corrected chi connectivity index (χ0v) is 13.1. The Hall–Kier alpha value is -1.89. The molecule has 3 aromatic heterocycles. The third-order valence-electron chi connectivity index (χ3n) is 4.01. The van der Waals surface area contributed by atoms with Gasteiger partial charge >= 0.3 is 0 Å². The smallest absolute Gasteiger partial charge is 0.188 e. The van der Waals surface area contributed by atoms with Crippen molar-refractivity contribution in [2.24, 2.45) is 7.05 Å². The van der Waals surface area contributed by atoms with E-state index < -0.39 is 0 Å². The minimum Gasteiger partial charge on any atom is -0.359 e. The molecule has 0 aromatic carbocycles. The molecule has 1 fully saturated rings. The summed E-state index contributed by atoms with van der Waals surface area (Å²) >= 11 is 1.72. The number of hydrogen-bond acceptors (Lipinski definition) is 6. The van der Waals surface area contributed by atoms with Crippen molar-refractivity contribution in [2.75, 3.05) is 11.4 Å². The molecule has 0 amide bonds. The van der Waals surface area contributed by atoms with E-state index in [0.29, 0.717) is 0 Å². The summed E-state index contributed by atoms with van der Waals surface area (Å²) in [7, 11) is 1.94. The van der Waals surface area contributed by atoms with Crippen molar-refractivity contribution in [3.63, 3.8) is 0 Å². The minimum absolute atomic E-state index is 0.250. The van der Waals surface area contributed by atoms with Gasteiger partial charge in [0.15, 0.2) is 16.5 Å². The van der Waals surface area contributed by atoms with Crippen molar-refractivity contribution >= 4 is 26.8 Å². The van der Waals surface area contributed by atoms with Gasteiger partial charge in [0.25, 0.3) is 0 Å². The summed E-state index contributed by atoms with van der Waals surface area (Å²) in [6.07, 6.45) is 2.24. The van der Waals surface area contributed by atoms with E-state index in [1.807, 2.05) is 31.6 Å². The summed E-state index contributed by atoms with van der Waals surface area (Å²) in [6, 6.07) is 2.28. The predicted octanol–water partition coefficient (Wildman–Crippen LogP) is 2.98. The van der Waals surface area contributed by atoms with Crippen LogP contribution in [0.25, 0.3) is 10.3 Å². The number of nitrogens with zero attached hydrogens (tertiary/aromatic N) is 5. The van der Waals surface area contributed by atoms with Crippen LogP contribution in [0.1, 0.15) is 36.0 Å². The Bertz CT molecular complexity index is 767. The van der Waals surface area contributed by atoms with Crippen LogP contribution < -0.4 is 4.90 Å². The lowest BCUT2D eigenvalue weighted by Crippen LogP contribution is -2.22. The summed E-state index contributed by atoms with van der Waals surface area (Å²) in [6.45, 7) is 5.00. The zero-order chi connectivity index (χ0) is 14.6. The summed E-state index contributed by atoms with van der Waals surface area (Å²) in [5.74, 6) is 0.944. The summed E-state index contributed by atoms with van der Waals surface area (Å²) in [5.41, 5.74) is 2.94. The second-order valence-corrected chi connectivity index (χ2v) is 6.56. The molecule has 21 heavy (non-hydrogen) atoms. The van der Waals surface area contributed by atoms with E-state index in [9.17, 15) is 0 Å². The molecule has 0 N–H and O–H groups in total. The summed E-state index contributed by atoms with van der Waals surface area (Å²) in [5, 5.41) is 9.49. The SMILES string of the molecule is Cc1cc([C@H]2CCCN2c2nc3c(s2)c(C)nn3C)on1. The Morgan fingerprint density at radius 1 is 1.38 bits per heavy atom. The highest BCUT2D eigenvalue weighted by atomic mass is 32.1. The number of rotatable bonds is 2. The topological polar surface area (TPSA) is 60.0 Å². The molecule has 0 aliphatic carbocycles. The predicted molar refractivity (Wildman–Crippen MR) is 81.7 cm³/mol. The Labute approximate surface area is 126 Å². The first-order chi connectivity index (χ1) is 10.1.